The lowest BCUT2D eigenvalue weighted by Gasteiger charge is -2.04. The fraction of sp³-hybridized carbons (Fsp3) is 0.211. The highest BCUT2D eigenvalue weighted by atomic mass is 32.1. The van der Waals surface area contributed by atoms with E-state index in [4.69, 9.17) is 0 Å². The minimum absolute atomic E-state index is 1.17. The highest BCUT2D eigenvalue weighted by Gasteiger charge is 2.15. The zero-order valence-electron chi connectivity index (χ0n) is 24.0. The van der Waals surface area contributed by atoms with Crippen molar-refractivity contribution >= 4 is 96.5 Å². The summed E-state index contributed by atoms with van der Waals surface area (Å²) in [6, 6.07) is 33.0. The molecule has 0 saturated heterocycles. The predicted molar refractivity (Wildman–Crippen MR) is 194 cm³/mol. The van der Waals surface area contributed by atoms with Crippen LogP contribution in [0.5, 0.6) is 0 Å². The van der Waals surface area contributed by atoms with E-state index in [-0.39, 0.29) is 0 Å². The second-order valence-electron chi connectivity index (χ2n) is 11.4. The maximum absolute atomic E-state index is 2.44. The van der Waals surface area contributed by atoms with Gasteiger partial charge in [-0.2, -0.15) is 0 Å². The average Bonchev–Trinajstić information content (AvgIpc) is 3.80. The van der Waals surface area contributed by atoms with E-state index in [0.717, 1.165) is 0 Å². The Bertz CT molecular complexity index is 2050. The first-order chi connectivity index (χ1) is 20.7. The summed E-state index contributed by atoms with van der Waals surface area (Å²) in [7, 11) is 0. The topological polar surface area (TPSA) is 0 Å². The molecule has 0 fully saturated rings. The summed E-state index contributed by atoms with van der Waals surface area (Å²) >= 11 is 7.76. The van der Waals surface area contributed by atoms with Crippen molar-refractivity contribution < 1.29 is 0 Å². The minimum Gasteiger partial charge on any atom is -0.134 e. The van der Waals surface area contributed by atoms with Gasteiger partial charge >= 0.3 is 0 Å². The first-order valence-corrected chi connectivity index (χ1v) is 18.4. The van der Waals surface area contributed by atoms with Crippen LogP contribution < -0.4 is 0 Å². The SMILES string of the molecule is CCCCc1ccc2ccc3sc(-c4cc5sc(-c6cc7c(ccc8ccc(CCCC)cc87)s6)cc5s4)cc3c2c1. The van der Waals surface area contributed by atoms with Crippen LogP contribution >= 0.6 is 45.3 Å². The molecule has 42 heavy (non-hydrogen) atoms. The van der Waals surface area contributed by atoms with Gasteiger partial charge in [-0.25, -0.2) is 0 Å². The summed E-state index contributed by atoms with van der Waals surface area (Å²) in [6.07, 6.45) is 7.31. The fourth-order valence-electron chi connectivity index (χ4n) is 6.17. The highest BCUT2D eigenvalue weighted by molar-refractivity contribution is 7.34. The molecule has 4 aromatic heterocycles. The van der Waals surface area contributed by atoms with Crippen LogP contribution in [0, 0.1) is 0 Å². The third kappa shape index (κ3) is 4.69. The first-order valence-electron chi connectivity index (χ1n) is 15.1. The van der Waals surface area contributed by atoms with Crippen molar-refractivity contribution in [2.45, 2.75) is 52.4 Å². The Hall–Kier alpha value is -3.02. The van der Waals surface area contributed by atoms with Gasteiger partial charge in [0.2, 0.25) is 0 Å². The van der Waals surface area contributed by atoms with Crippen LogP contribution in [0.25, 0.3) is 70.6 Å². The van der Waals surface area contributed by atoms with Crippen LogP contribution in [-0.4, -0.2) is 0 Å². The third-order valence-electron chi connectivity index (χ3n) is 8.50. The van der Waals surface area contributed by atoms with Gasteiger partial charge in [0.1, 0.15) is 0 Å². The smallest absolute Gasteiger partial charge is 0.0464 e. The van der Waals surface area contributed by atoms with E-state index < -0.39 is 0 Å². The number of thiophene rings is 4. The van der Waals surface area contributed by atoms with Crippen molar-refractivity contribution in [2.24, 2.45) is 0 Å². The number of hydrogen-bond donors (Lipinski definition) is 0. The molecule has 0 radical (unpaired) electrons. The van der Waals surface area contributed by atoms with Crippen LogP contribution in [0.1, 0.15) is 50.7 Å². The molecule has 4 aromatic carbocycles. The second kappa shape index (κ2) is 10.9. The van der Waals surface area contributed by atoms with Gasteiger partial charge in [0.25, 0.3) is 0 Å². The van der Waals surface area contributed by atoms with Crippen molar-refractivity contribution in [2.75, 3.05) is 0 Å². The second-order valence-corrected chi connectivity index (χ2v) is 15.8. The Morgan fingerprint density at radius 3 is 1.26 bits per heavy atom. The Morgan fingerprint density at radius 2 is 0.810 bits per heavy atom. The number of unbranched alkanes of at least 4 members (excludes halogenated alkanes) is 2. The molecule has 8 rings (SSSR count). The van der Waals surface area contributed by atoms with E-state index >= 15 is 0 Å². The quantitative estimate of drug-likeness (QED) is 0.159. The molecule has 8 aromatic rings. The van der Waals surface area contributed by atoms with Crippen molar-refractivity contribution in [3.63, 3.8) is 0 Å². The van der Waals surface area contributed by atoms with Crippen LogP contribution in [0.4, 0.5) is 0 Å². The molecule has 4 heterocycles. The molecule has 0 amide bonds. The van der Waals surface area contributed by atoms with Gasteiger partial charge in [0, 0.05) is 49.1 Å². The normalized spacial score (nSPS) is 12.1. The molecular weight excluding hydrogens is 585 g/mol. The zero-order chi connectivity index (χ0) is 28.2. The molecule has 0 nitrogen and oxygen atoms in total. The van der Waals surface area contributed by atoms with Gasteiger partial charge in [-0.1, -0.05) is 75.2 Å². The molecule has 4 heteroatoms. The first kappa shape index (κ1) is 26.6. The Labute approximate surface area is 262 Å². The molecule has 208 valence electrons. The number of aryl methyl sites for hydroxylation is 2. The van der Waals surface area contributed by atoms with Crippen LogP contribution in [-0.2, 0) is 12.8 Å². The lowest BCUT2D eigenvalue weighted by Crippen LogP contribution is -1.84. The van der Waals surface area contributed by atoms with Crippen LogP contribution in [0.3, 0.4) is 0 Å². The van der Waals surface area contributed by atoms with Crippen LogP contribution in [0.15, 0.2) is 84.9 Å². The van der Waals surface area contributed by atoms with Crippen LogP contribution in [0.2, 0.25) is 0 Å². The van der Waals surface area contributed by atoms with E-state index in [0.29, 0.717) is 0 Å². The minimum atomic E-state index is 1.17. The maximum Gasteiger partial charge on any atom is 0.0464 e. The van der Waals surface area contributed by atoms with E-state index in [9.17, 15) is 0 Å². The van der Waals surface area contributed by atoms with E-state index in [1.54, 1.807) is 0 Å². The van der Waals surface area contributed by atoms with Gasteiger partial charge in [-0.3, -0.25) is 0 Å². The van der Waals surface area contributed by atoms with Gasteiger partial charge in [0.15, 0.2) is 0 Å². The summed E-state index contributed by atoms with van der Waals surface area (Å²) in [5.74, 6) is 0. The lowest BCUT2D eigenvalue weighted by molar-refractivity contribution is 0.796. The van der Waals surface area contributed by atoms with Gasteiger partial charge < -0.3 is 0 Å². The fourth-order valence-corrected chi connectivity index (χ4v) is 10.9. The number of rotatable bonds is 8. The third-order valence-corrected chi connectivity index (χ3v) is 13.4. The highest BCUT2D eigenvalue weighted by Crippen LogP contribution is 2.47. The van der Waals surface area contributed by atoms with Gasteiger partial charge in [-0.05, 0) is 94.8 Å². The largest absolute Gasteiger partial charge is 0.134 e. The van der Waals surface area contributed by atoms with Gasteiger partial charge in [-0.15, -0.1) is 45.3 Å². The van der Waals surface area contributed by atoms with Crippen molar-refractivity contribution in [1.29, 1.82) is 0 Å². The molecule has 0 aliphatic rings. The van der Waals surface area contributed by atoms with E-state index in [1.807, 2.05) is 45.3 Å². The molecule has 0 spiro atoms. The summed E-state index contributed by atoms with van der Waals surface area (Å²) in [6.45, 7) is 4.54. The molecule has 0 unspecified atom stereocenters. The summed E-state index contributed by atoms with van der Waals surface area (Å²) in [5.41, 5.74) is 2.92. The van der Waals surface area contributed by atoms with E-state index in [1.165, 1.54) is 120 Å². The summed E-state index contributed by atoms with van der Waals surface area (Å²) < 4.78 is 5.58. The average molecular weight is 617 g/mol. The Balaban J connectivity index is 1.14. The van der Waals surface area contributed by atoms with E-state index in [2.05, 4.69) is 98.8 Å². The summed E-state index contributed by atoms with van der Waals surface area (Å²) in [5, 5.41) is 8.30. The Morgan fingerprint density at radius 1 is 0.405 bits per heavy atom. The standard InChI is InChI=1S/C38H32S4/c1-3-5-7-23-9-11-25-13-15-31-29(27(25)17-23)19-33(39-31)35-21-37-38(41-35)22-36(42-37)34-20-30-28-18-24(8-6-4-2)10-12-26(28)14-16-32(30)40-34/h9-22H,3-8H2,1-2H3. The molecule has 0 bridgehead atoms. The molecule has 0 aliphatic carbocycles. The predicted octanol–water partition coefficient (Wildman–Crippen LogP) is 13.7. The maximum atomic E-state index is 2.44. The monoisotopic (exact) mass is 616 g/mol. The molecule has 0 atom stereocenters. The van der Waals surface area contributed by atoms with Crippen molar-refractivity contribution in [3.05, 3.63) is 96.1 Å². The molecule has 0 aliphatic heterocycles. The van der Waals surface area contributed by atoms with Gasteiger partial charge in [0.05, 0.1) is 0 Å². The zero-order valence-corrected chi connectivity index (χ0v) is 27.2. The molecular formula is C38H32S4. The molecule has 0 saturated carbocycles. The Kier molecular flexibility index (Phi) is 6.91. The molecule has 0 N–H and O–H groups in total. The number of benzene rings is 4. The van der Waals surface area contributed by atoms with Crippen molar-refractivity contribution in [3.8, 4) is 19.5 Å². The van der Waals surface area contributed by atoms with Crippen molar-refractivity contribution in [1.82, 2.24) is 0 Å². The number of fused-ring (bicyclic) bond motifs is 7. The summed E-state index contributed by atoms with van der Waals surface area (Å²) in [4.78, 5) is 5.56. The number of hydrogen-bond acceptors (Lipinski definition) is 4. The lowest BCUT2D eigenvalue weighted by atomic mass is 10.0.